The van der Waals surface area contributed by atoms with E-state index in [0.717, 1.165) is 0 Å². The van der Waals surface area contributed by atoms with E-state index < -0.39 is 23.9 Å². The average molecular weight is 386 g/mol. The number of benzene rings is 1. The summed E-state index contributed by atoms with van der Waals surface area (Å²) in [4.78, 5) is 36.0. The number of methoxy groups -OCH3 is 1. The van der Waals surface area contributed by atoms with Crippen molar-refractivity contribution in [2.45, 2.75) is 31.7 Å². The molecule has 0 spiro atoms. The number of carboxylic acid groups (broad SMARTS) is 1. The Morgan fingerprint density at radius 1 is 1.16 bits per heavy atom. The first kappa shape index (κ1) is 19.3. The Hall–Kier alpha value is -2.05. The van der Waals surface area contributed by atoms with Gasteiger partial charge >= 0.3 is 11.9 Å². The molecule has 0 saturated carbocycles. The van der Waals surface area contributed by atoms with Gasteiger partial charge in [0.1, 0.15) is 0 Å². The number of aliphatic carboxylic acids is 1. The fourth-order valence-corrected chi connectivity index (χ4v) is 3.24. The molecule has 1 aromatic carbocycles. The highest BCUT2D eigenvalue weighted by atomic mass is 35.5. The molecule has 2 N–H and O–H groups in total. The molecule has 1 aliphatic carbocycles. The number of amides is 1. The Balaban J connectivity index is 2.35. The molecule has 0 heterocycles. The molecule has 1 unspecified atom stereocenters. The van der Waals surface area contributed by atoms with E-state index in [-0.39, 0.29) is 16.2 Å². The van der Waals surface area contributed by atoms with Crippen molar-refractivity contribution >= 4 is 41.0 Å². The molecular weight excluding hydrogens is 369 g/mol. The van der Waals surface area contributed by atoms with Gasteiger partial charge in [-0.1, -0.05) is 29.3 Å². The lowest BCUT2D eigenvalue weighted by atomic mass is 9.91. The molecule has 0 radical (unpaired) electrons. The highest BCUT2D eigenvalue weighted by molar-refractivity contribution is 6.35. The Morgan fingerprint density at radius 2 is 1.80 bits per heavy atom. The van der Waals surface area contributed by atoms with Gasteiger partial charge in [0.05, 0.1) is 7.11 Å². The van der Waals surface area contributed by atoms with E-state index >= 15 is 0 Å². The predicted molar refractivity (Wildman–Crippen MR) is 92.5 cm³/mol. The number of rotatable bonds is 5. The molecule has 2 rings (SSSR count). The van der Waals surface area contributed by atoms with Crippen LogP contribution in [0.3, 0.4) is 0 Å². The van der Waals surface area contributed by atoms with Crippen LogP contribution in [0.15, 0.2) is 29.3 Å². The zero-order valence-electron chi connectivity index (χ0n) is 13.5. The van der Waals surface area contributed by atoms with Gasteiger partial charge in [0.25, 0.3) is 0 Å². The van der Waals surface area contributed by atoms with E-state index in [4.69, 9.17) is 27.9 Å². The van der Waals surface area contributed by atoms with Gasteiger partial charge in [0, 0.05) is 26.8 Å². The minimum Gasteiger partial charge on any atom is -0.478 e. The zero-order valence-corrected chi connectivity index (χ0v) is 15.0. The van der Waals surface area contributed by atoms with Gasteiger partial charge < -0.3 is 15.2 Å². The normalized spacial score (nSPS) is 15.5. The lowest BCUT2D eigenvalue weighted by Gasteiger charge is -2.22. The molecule has 8 heteroatoms. The summed E-state index contributed by atoms with van der Waals surface area (Å²) in [5.41, 5.74) is 0.576. The van der Waals surface area contributed by atoms with Crippen LogP contribution in [-0.4, -0.2) is 30.1 Å². The molecule has 1 aromatic rings. The number of ether oxygens (including phenoxy) is 1. The number of esters is 1. The van der Waals surface area contributed by atoms with Crippen LogP contribution in [-0.2, 0) is 19.1 Å². The number of hydrogen-bond acceptors (Lipinski definition) is 4. The maximum atomic E-state index is 12.6. The SMILES string of the molecule is COC(=O)C(NC(=O)C1=C(C(=O)O)CCCC1)c1ccc(Cl)cc1Cl. The van der Waals surface area contributed by atoms with Crippen LogP contribution in [0, 0.1) is 0 Å². The lowest BCUT2D eigenvalue weighted by Crippen LogP contribution is -2.36. The van der Waals surface area contributed by atoms with Gasteiger partial charge in [-0.25, -0.2) is 9.59 Å². The first-order chi connectivity index (χ1) is 11.8. The van der Waals surface area contributed by atoms with Crippen molar-refractivity contribution in [1.29, 1.82) is 0 Å². The Labute approximate surface area is 154 Å². The van der Waals surface area contributed by atoms with Gasteiger partial charge in [-0.05, 0) is 37.8 Å². The number of hydrogen-bond donors (Lipinski definition) is 2. The molecule has 0 aromatic heterocycles. The van der Waals surface area contributed by atoms with E-state index in [0.29, 0.717) is 36.3 Å². The first-order valence-electron chi connectivity index (χ1n) is 7.64. The van der Waals surface area contributed by atoms with Gasteiger partial charge in [-0.15, -0.1) is 0 Å². The van der Waals surface area contributed by atoms with Crippen LogP contribution >= 0.6 is 23.2 Å². The van der Waals surface area contributed by atoms with E-state index in [2.05, 4.69) is 5.32 Å². The second-order valence-corrected chi connectivity index (χ2v) is 6.41. The van der Waals surface area contributed by atoms with Crippen molar-refractivity contribution in [3.8, 4) is 0 Å². The van der Waals surface area contributed by atoms with Gasteiger partial charge in [0.2, 0.25) is 5.91 Å². The summed E-state index contributed by atoms with van der Waals surface area (Å²) in [6.07, 6.45) is 2.09. The molecule has 1 atom stereocenters. The monoisotopic (exact) mass is 385 g/mol. The zero-order chi connectivity index (χ0) is 18.6. The molecule has 134 valence electrons. The van der Waals surface area contributed by atoms with Crippen molar-refractivity contribution in [1.82, 2.24) is 5.32 Å². The fourth-order valence-electron chi connectivity index (χ4n) is 2.73. The minimum atomic E-state index is -1.16. The number of nitrogens with one attached hydrogen (secondary N) is 1. The fraction of sp³-hybridized carbons (Fsp3) is 0.353. The average Bonchev–Trinajstić information content (AvgIpc) is 2.59. The van der Waals surface area contributed by atoms with E-state index in [1.54, 1.807) is 0 Å². The van der Waals surface area contributed by atoms with Crippen molar-refractivity contribution in [2.24, 2.45) is 0 Å². The summed E-state index contributed by atoms with van der Waals surface area (Å²) in [5, 5.41) is 12.4. The van der Waals surface area contributed by atoms with Crippen LogP contribution < -0.4 is 5.32 Å². The van der Waals surface area contributed by atoms with E-state index in [1.807, 2.05) is 0 Å². The first-order valence-corrected chi connectivity index (χ1v) is 8.39. The lowest BCUT2D eigenvalue weighted by molar-refractivity contribution is -0.144. The van der Waals surface area contributed by atoms with Crippen molar-refractivity contribution in [3.63, 3.8) is 0 Å². The molecule has 1 aliphatic rings. The summed E-state index contributed by atoms with van der Waals surface area (Å²) in [7, 11) is 1.19. The number of carbonyl (C=O) groups is 3. The van der Waals surface area contributed by atoms with Crippen LogP contribution in [0.4, 0.5) is 0 Å². The number of carboxylic acids is 1. The third kappa shape index (κ3) is 4.52. The van der Waals surface area contributed by atoms with E-state index in [1.165, 1.54) is 25.3 Å². The molecule has 0 saturated heterocycles. The van der Waals surface area contributed by atoms with Gasteiger partial charge in [0.15, 0.2) is 6.04 Å². The third-order valence-electron chi connectivity index (χ3n) is 3.99. The van der Waals surface area contributed by atoms with Crippen LogP contribution in [0.2, 0.25) is 10.0 Å². The van der Waals surface area contributed by atoms with Crippen molar-refractivity contribution in [3.05, 3.63) is 45.0 Å². The minimum absolute atomic E-state index is 0.0783. The molecule has 25 heavy (non-hydrogen) atoms. The smallest absolute Gasteiger partial charge is 0.333 e. The summed E-state index contributed by atoms with van der Waals surface area (Å²) in [6, 6.07) is 3.34. The highest BCUT2D eigenvalue weighted by Gasteiger charge is 2.30. The van der Waals surface area contributed by atoms with Crippen LogP contribution in [0.25, 0.3) is 0 Å². The molecule has 0 bridgehead atoms. The Bertz CT molecular complexity index is 745. The second kappa shape index (κ2) is 8.36. The van der Waals surface area contributed by atoms with Crippen molar-refractivity contribution in [2.75, 3.05) is 7.11 Å². The van der Waals surface area contributed by atoms with Crippen LogP contribution in [0.1, 0.15) is 37.3 Å². The standard InChI is InChI=1S/C17H17Cl2NO5/c1-25-17(24)14(12-7-6-9(18)8-13(12)19)20-15(21)10-4-2-3-5-11(10)16(22)23/h6-8,14H,2-5H2,1H3,(H,20,21)(H,22,23). The summed E-state index contributed by atoms with van der Waals surface area (Å²) < 4.78 is 4.74. The Morgan fingerprint density at radius 3 is 2.36 bits per heavy atom. The molecular formula is C17H17Cl2NO5. The number of halogens is 2. The van der Waals surface area contributed by atoms with E-state index in [9.17, 15) is 19.5 Å². The summed E-state index contributed by atoms with van der Waals surface area (Å²) in [6.45, 7) is 0. The molecule has 6 nitrogen and oxygen atoms in total. The largest absolute Gasteiger partial charge is 0.478 e. The summed E-state index contributed by atoms with van der Waals surface area (Å²) >= 11 is 12.0. The highest BCUT2D eigenvalue weighted by Crippen LogP contribution is 2.29. The quantitative estimate of drug-likeness (QED) is 0.758. The van der Waals surface area contributed by atoms with Crippen LogP contribution in [0.5, 0.6) is 0 Å². The second-order valence-electron chi connectivity index (χ2n) is 5.56. The third-order valence-corrected chi connectivity index (χ3v) is 4.55. The maximum Gasteiger partial charge on any atom is 0.333 e. The topological polar surface area (TPSA) is 92.7 Å². The molecule has 1 amide bonds. The van der Waals surface area contributed by atoms with Gasteiger partial charge in [-0.3, -0.25) is 4.79 Å². The number of carbonyl (C=O) groups excluding carboxylic acids is 2. The maximum absolute atomic E-state index is 12.6. The molecule has 0 fully saturated rings. The van der Waals surface area contributed by atoms with Crippen molar-refractivity contribution < 1.29 is 24.2 Å². The predicted octanol–water partition coefficient (Wildman–Crippen LogP) is 3.28. The summed E-state index contributed by atoms with van der Waals surface area (Å²) in [5.74, 6) is -2.45. The molecule has 0 aliphatic heterocycles. The Kier molecular flexibility index (Phi) is 6.45. The van der Waals surface area contributed by atoms with Gasteiger partial charge in [-0.2, -0.15) is 0 Å².